The molecule has 1 atom stereocenters. The van der Waals surface area contributed by atoms with Gasteiger partial charge in [-0.15, -0.1) is 11.8 Å². The van der Waals surface area contributed by atoms with Gasteiger partial charge in [-0.1, -0.05) is 17.2 Å². The summed E-state index contributed by atoms with van der Waals surface area (Å²) in [5.74, 6) is -0.951. The van der Waals surface area contributed by atoms with Gasteiger partial charge >= 0.3 is 5.97 Å². The van der Waals surface area contributed by atoms with Crippen molar-refractivity contribution < 1.29 is 9.90 Å². The van der Waals surface area contributed by atoms with Crippen molar-refractivity contribution in [2.75, 3.05) is 19.3 Å². The van der Waals surface area contributed by atoms with Gasteiger partial charge in [0.25, 0.3) is 0 Å². The number of thioether (sulfide) groups is 1. The van der Waals surface area contributed by atoms with Crippen LogP contribution >= 0.6 is 11.8 Å². The van der Waals surface area contributed by atoms with Crippen molar-refractivity contribution in [2.24, 2.45) is 5.11 Å². The predicted molar refractivity (Wildman–Crippen MR) is 70.6 cm³/mol. The summed E-state index contributed by atoms with van der Waals surface area (Å²) in [5.41, 5.74) is 8.81. The molecule has 0 radical (unpaired) electrons. The van der Waals surface area contributed by atoms with Crippen molar-refractivity contribution in [1.29, 1.82) is 0 Å². The van der Waals surface area contributed by atoms with Crippen LogP contribution in [0.2, 0.25) is 0 Å². The molecule has 0 spiro atoms. The van der Waals surface area contributed by atoms with Gasteiger partial charge < -0.3 is 10.4 Å². The molecule has 18 heavy (non-hydrogen) atoms. The first-order valence-corrected chi connectivity index (χ1v) is 6.52. The summed E-state index contributed by atoms with van der Waals surface area (Å²) < 4.78 is 0. The van der Waals surface area contributed by atoms with E-state index in [2.05, 4.69) is 15.3 Å². The van der Waals surface area contributed by atoms with Crippen LogP contribution in [0.5, 0.6) is 0 Å². The first-order valence-electron chi connectivity index (χ1n) is 5.30. The molecule has 0 bridgehead atoms. The van der Waals surface area contributed by atoms with Gasteiger partial charge in [-0.05, 0) is 29.5 Å². The topological polar surface area (TPSA) is 98.1 Å². The molecular formula is C11H14N4O2S. The third-order valence-electron chi connectivity index (χ3n) is 2.32. The van der Waals surface area contributed by atoms with E-state index in [1.807, 2.05) is 18.4 Å². The van der Waals surface area contributed by atoms with Crippen molar-refractivity contribution in [3.63, 3.8) is 0 Å². The molecule has 6 nitrogen and oxygen atoms in total. The SMILES string of the molecule is CSc1ccc(C(NCCN=[N+]=[N-])C(=O)O)cc1. The van der Waals surface area contributed by atoms with Gasteiger partial charge in [0.05, 0.1) is 0 Å². The summed E-state index contributed by atoms with van der Waals surface area (Å²) in [6, 6.07) is 6.54. The third-order valence-corrected chi connectivity index (χ3v) is 3.06. The van der Waals surface area contributed by atoms with Gasteiger partial charge in [0.15, 0.2) is 0 Å². The van der Waals surface area contributed by atoms with E-state index in [0.717, 1.165) is 4.90 Å². The summed E-state index contributed by atoms with van der Waals surface area (Å²) in [5, 5.41) is 15.3. The minimum absolute atomic E-state index is 0.225. The first-order chi connectivity index (χ1) is 8.69. The van der Waals surface area contributed by atoms with Gasteiger partial charge in [-0.3, -0.25) is 4.79 Å². The predicted octanol–water partition coefficient (Wildman–Crippen LogP) is 2.43. The van der Waals surface area contributed by atoms with Crippen molar-refractivity contribution in [3.05, 3.63) is 40.3 Å². The van der Waals surface area contributed by atoms with E-state index < -0.39 is 12.0 Å². The average molecular weight is 266 g/mol. The molecule has 1 unspecified atom stereocenters. The Hall–Kier alpha value is -1.69. The van der Waals surface area contributed by atoms with Crippen LogP contribution in [0, 0.1) is 0 Å². The van der Waals surface area contributed by atoms with Crippen LogP contribution in [0.25, 0.3) is 10.4 Å². The van der Waals surface area contributed by atoms with Crippen LogP contribution in [0.15, 0.2) is 34.3 Å². The van der Waals surface area contributed by atoms with Crippen molar-refractivity contribution in [1.82, 2.24) is 5.32 Å². The largest absolute Gasteiger partial charge is 0.480 e. The molecule has 2 N–H and O–H groups in total. The number of hydrogen-bond acceptors (Lipinski definition) is 4. The van der Waals surface area contributed by atoms with E-state index in [1.165, 1.54) is 0 Å². The highest BCUT2D eigenvalue weighted by Gasteiger charge is 2.18. The molecule has 0 aliphatic rings. The van der Waals surface area contributed by atoms with Crippen LogP contribution in [-0.2, 0) is 4.79 Å². The molecule has 0 aromatic heterocycles. The van der Waals surface area contributed by atoms with E-state index in [9.17, 15) is 4.79 Å². The molecule has 0 saturated carbocycles. The van der Waals surface area contributed by atoms with E-state index in [1.54, 1.807) is 23.9 Å². The molecule has 1 aromatic carbocycles. The molecule has 0 saturated heterocycles. The minimum Gasteiger partial charge on any atom is -0.480 e. The number of benzene rings is 1. The fourth-order valence-corrected chi connectivity index (χ4v) is 1.86. The Bertz CT molecular complexity index is 443. The zero-order chi connectivity index (χ0) is 13.4. The smallest absolute Gasteiger partial charge is 0.325 e. The Labute approximate surface area is 109 Å². The summed E-state index contributed by atoms with van der Waals surface area (Å²) >= 11 is 1.60. The van der Waals surface area contributed by atoms with E-state index in [4.69, 9.17) is 10.6 Å². The fraction of sp³-hybridized carbons (Fsp3) is 0.364. The molecule has 0 aliphatic carbocycles. The Balaban J connectivity index is 2.70. The molecule has 1 rings (SSSR count). The van der Waals surface area contributed by atoms with Crippen LogP contribution in [0.4, 0.5) is 0 Å². The molecular weight excluding hydrogens is 252 g/mol. The maximum atomic E-state index is 11.1. The molecule has 0 fully saturated rings. The quantitative estimate of drug-likeness (QED) is 0.260. The summed E-state index contributed by atoms with van der Waals surface area (Å²) in [4.78, 5) is 14.8. The van der Waals surface area contributed by atoms with Crippen molar-refractivity contribution in [3.8, 4) is 0 Å². The van der Waals surface area contributed by atoms with Gasteiger partial charge in [0, 0.05) is 22.9 Å². The first kappa shape index (κ1) is 14.4. The lowest BCUT2D eigenvalue weighted by Gasteiger charge is -2.14. The van der Waals surface area contributed by atoms with Crippen LogP contribution in [0.3, 0.4) is 0 Å². The van der Waals surface area contributed by atoms with Crippen molar-refractivity contribution >= 4 is 17.7 Å². The summed E-state index contributed by atoms with van der Waals surface area (Å²) in [6.45, 7) is 0.550. The fourth-order valence-electron chi connectivity index (χ4n) is 1.45. The molecule has 96 valence electrons. The van der Waals surface area contributed by atoms with Crippen LogP contribution in [-0.4, -0.2) is 30.4 Å². The average Bonchev–Trinajstić information content (AvgIpc) is 2.39. The zero-order valence-corrected chi connectivity index (χ0v) is 10.7. The van der Waals surface area contributed by atoms with Gasteiger partial charge in [-0.2, -0.15) is 0 Å². The maximum Gasteiger partial charge on any atom is 0.325 e. The van der Waals surface area contributed by atoms with Gasteiger partial charge in [0.2, 0.25) is 0 Å². The standard InChI is InChI=1S/C11H14N4O2S/c1-18-9-4-2-8(3-5-9)10(11(16)17)13-6-7-14-15-12/h2-5,10,13H,6-7H2,1H3,(H,16,17). The lowest BCUT2D eigenvalue weighted by atomic mass is 10.1. The van der Waals surface area contributed by atoms with E-state index in [-0.39, 0.29) is 6.54 Å². The monoisotopic (exact) mass is 266 g/mol. The molecule has 0 heterocycles. The zero-order valence-electron chi connectivity index (χ0n) is 9.91. The number of carboxylic acid groups (broad SMARTS) is 1. The Morgan fingerprint density at radius 1 is 1.56 bits per heavy atom. The Morgan fingerprint density at radius 2 is 2.22 bits per heavy atom. The van der Waals surface area contributed by atoms with E-state index >= 15 is 0 Å². The lowest BCUT2D eigenvalue weighted by molar-refractivity contribution is -0.139. The second-order valence-corrected chi connectivity index (χ2v) is 4.33. The molecule has 7 heteroatoms. The number of rotatable bonds is 7. The maximum absolute atomic E-state index is 11.1. The highest BCUT2D eigenvalue weighted by Crippen LogP contribution is 2.19. The highest BCUT2D eigenvalue weighted by molar-refractivity contribution is 7.98. The molecule has 0 amide bonds. The highest BCUT2D eigenvalue weighted by atomic mass is 32.2. The second kappa shape index (κ2) is 7.60. The number of carboxylic acids is 1. The number of aliphatic carboxylic acids is 1. The molecule has 1 aromatic rings. The lowest BCUT2D eigenvalue weighted by Crippen LogP contribution is -2.30. The normalized spacial score (nSPS) is 11.6. The van der Waals surface area contributed by atoms with Crippen molar-refractivity contribution in [2.45, 2.75) is 10.9 Å². The third kappa shape index (κ3) is 4.29. The minimum atomic E-state index is -0.951. The van der Waals surface area contributed by atoms with Crippen LogP contribution < -0.4 is 5.32 Å². The number of nitrogens with zero attached hydrogens (tertiary/aromatic N) is 3. The Kier molecular flexibility index (Phi) is 6.07. The van der Waals surface area contributed by atoms with Crippen LogP contribution in [0.1, 0.15) is 11.6 Å². The number of hydrogen-bond donors (Lipinski definition) is 2. The number of nitrogens with one attached hydrogen (secondary N) is 1. The van der Waals surface area contributed by atoms with E-state index in [0.29, 0.717) is 12.1 Å². The summed E-state index contributed by atoms with van der Waals surface area (Å²) in [6.07, 6.45) is 1.96. The number of carbonyl (C=O) groups is 1. The number of azide groups is 1. The van der Waals surface area contributed by atoms with Gasteiger partial charge in [-0.25, -0.2) is 0 Å². The second-order valence-electron chi connectivity index (χ2n) is 3.45. The Morgan fingerprint density at radius 3 is 2.72 bits per heavy atom. The van der Waals surface area contributed by atoms with Gasteiger partial charge in [0.1, 0.15) is 6.04 Å². The molecule has 0 aliphatic heterocycles. The summed E-state index contributed by atoms with van der Waals surface area (Å²) in [7, 11) is 0.